The van der Waals surface area contributed by atoms with Crippen molar-refractivity contribution in [3.8, 4) is 44.5 Å². The molecule has 0 amide bonds. The third-order valence-corrected chi connectivity index (χ3v) is 12.7. The first-order valence-electron chi connectivity index (χ1n) is 19.8. The van der Waals surface area contributed by atoms with Gasteiger partial charge in [0.25, 0.3) is 0 Å². The maximum absolute atomic E-state index is 2.42. The molecule has 0 aliphatic carbocycles. The Labute approximate surface area is 342 Å². The second kappa shape index (κ2) is 14.4. The largest absolute Gasteiger partial charge is 0.310 e. The van der Waals surface area contributed by atoms with Gasteiger partial charge in [-0.15, -0.1) is 11.3 Å². The lowest BCUT2D eigenvalue weighted by Gasteiger charge is -2.29. The summed E-state index contributed by atoms with van der Waals surface area (Å²) >= 11 is 1.88. The van der Waals surface area contributed by atoms with E-state index in [4.69, 9.17) is 0 Å². The summed E-state index contributed by atoms with van der Waals surface area (Å²) in [5.74, 6) is 0. The monoisotopic (exact) mass is 755 g/mol. The molecule has 0 saturated carbocycles. The number of hydrogen-bond donors (Lipinski definition) is 0. The fraction of sp³-hybridized carbons (Fsp3) is 0. The van der Waals surface area contributed by atoms with Gasteiger partial charge < -0.3 is 4.90 Å². The standard InChI is InChI=1S/C56H37NS/c1-3-13-38(14-4-1)39-27-32-45(33-28-39)57(46-34-29-42(30-35-46)49-22-12-23-51-50-20-9-10-24-54(50)58-56(49)51)53-36-31-44(37-52(53)40-15-5-2-6-16-40)48-21-11-18-43-26-25-41-17-7-8-19-47(41)55(43)48/h1-37H. The Bertz CT molecular complexity index is 3250. The van der Waals surface area contributed by atoms with Crippen molar-refractivity contribution < 1.29 is 0 Å². The van der Waals surface area contributed by atoms with E-state index in [1.807, 2.05) is 11.3 Å². The second-order valence-electron chi connectivity index (χ2n) is 14.9. The summed E-state index contributed by atoms with van der Waals surface area (Å²) < 4.78 is 2.65. The molecule has 10 aromatic carbocycles. The smallest absolute Gasteiger partial charge is 0.0540 e. The molecular formula is C56H37NS. The lowest BCUT2D eigenvalue weighted by molar-refractivity contribution is 1.28. The van der Waals surface area contributed by atoms with Gasteiger partial charge in [-0.2, -0.15) is 0 Å². The van der Waals surface area contributed by atoms with Crippen LogP contribution in [0.25, 0.3) is 86.2 Å². The van der Waals surface area contributed by atoms with Crippen molar-refractivity contribution >= 4 is 70.1 Å². The van der Waals surface area contributed by atoms with Crippen molar-refractivity contribution in [1.82, 2.24) is 0 Å². The molecule has 58 heavy (non-hydrogen) atoms. The summed E-state index contributed by atoms with van der Waals surface area (Å²) in [6.45, 7) is 0. The summed E-state index contributed by atoms with van der Waals surface area (Å²) in [6.07, 6.45) is 0. The molecule has 0 N–H and O–H groups in total. The normalized spacial score (nSPS) is 11.4. The van der Waals surface area contributed by atoms with E-state index in [2.05, 4.69) is 229 Å². The van der Waals surface area contributed by atoms with E-state index in [0.29, 0.717) is 0 Å². The van der Waals surface area contributed by atoms with Crippen LogP contribution >= 0.6 is 11.3 Å². The van der Waals surface area contributed by atoms with E-state index in [-0.39, 0.29) is 0 Å². The zero-order valence-electron chi connectivity index (χ0n) is 31.7. The van der Waals surface area contributed by atoms with Crippen LogP contribution in [0.1, 0.15) is 0 Å². The van der Waals surface area contributed by atoms with E-state index in [0.717, 1.165) is 17.1 Å². The van der Waals surface area contributed by atoms with Crippen molar-refractivity contribution in [3.63, 3.8) is 0 Å². The number of anilines is 3. The molecule has 2 heteroatoms. The maximum atomic E-state index is 2.42. The van der Waals surface area contributed by atoms with Crippen LogP contribution < -0.4 is 4.90 Å². The first-order valence-corrected chi connectivity index (χ1v) is 20.7. The molecule has 0 aliphatic heterocycles. The minimum Gasteiger partial charge on any atom is -0.310 e. The molecule has 1 aromatic heterocycles. The van der Waals surface area contributed by atoms with Crippen molar-refractivity contribution in [3.05, 3.63) is 224 Å². The molecule has 0 atom stereocenters. The van der Waals surface area contributed by atoms with Crippen LogP contribution in [0.4, 0.5) is 17.1 Å². The molecule has 0 bridgehead atoms. The average Bonchev–Trinajstić information content (AvgIpc) is 3.69. The maximum Gasteiger partial charge on any atom is 0.0540 e. The quantitative estimate of drug-likeness (QED) is 0.146. The minimum absolute atomic E-state index is 1.10. The Morgan fingerprint density at radius 1 is 0.310 bits per heavy atom. The van der Waals surface area contributed by atoms with Crippen LogP contribution in [0.5, 0.6) is 0 Å². The highest BCUT2D eigenvalue weighted by Crippen LogP contribution is 2.46. The van der Waals surface area contributed by atoms with Gasteiger partial charge in [0.2, 0.25) is 0 Å². The lowest BCUT2D eigenvalue weighted by atomic mass is 9.91. The van der Waals surface area contributed by atoms with Crippen LogP contribution in [0.2, 0.25) is 0 Å². The Balaban J connectivity index is 1.09. The fourth-order valence-corrected chi connectivity index (χ4v) is 9.91. The van der Waals surface area contributed by atoms with E-state index in [9.17, 15) is 0 Å². The van der Waals surface area contributed by atoms with Crippen molar-refractivity contribution in [2.24, 2.45) is 0 Å². The molecule has 0 radical (unpaired) electrons. The molecule has 0 unspecified atom stereocenters. The van der Waals surface area contributed by atoms with Crippen molar-refractivity contribution in [1.29, 1.82) is 0 Å². The summed E-state index contributed by atoms with van der Waals surface area (Å²) in [4.78, 5) is 2.42. The van der Waals surface area contributed by atoms with Gasteiger partial charge in [0.1, 0.15) is 0 Å². The van der Waals surface area contributed by atoms with E-state index < -0.39 is 0 Å². The average molecular weight is 756 g/mol. The fourth-order valence-electron chi connectivity index (χ4n) is 8.67. The molecule has 1 nitrogen and oxygen atoms in total. The van der Waals surface area contributed by atoms with Gasteiger partial charge in [-0.1, -0.05) is 182 Å². The molecule has 272 valence electrons. The summed E-state index contributed by atoms with van der Waals surface area (Å²) in [5.41, 5.74) is 12.9. The third-order valence-electron chi connectivity index (χ3n) is 11.5. The lowest BCUT2D eigenvalue weighted by Crippen LogP contribution is -2.11. The van der Waals surface area contributed by atoms with Gasteiger partial charge in [-0.05, 0) is 103 Å². The summed E-state index contributed by atoms with van der Waals surface area (Å²) in [5, 5.41) is 7.68. The molecule has 1 heterocycles. The van der Waals surface area contributed by atoms with E-state index >= 15 is 0 Å². The number of benzene rings is 10. The van der Waals surface area contributed by atoms with Gasteiger partial charge in [0.05, 0.1) is 5.69 Å². The van der Waals surface area contributed by atoms with E-state index in [1.54, 1.807) is 0 Å². The predicted molar refractivity (Wildman–Crippen MR) is 251 cm³/mol. The second-order valence-corrected chi connectivity index (χ2v) is 15.9. The summed E-state index contributed by atoms with van der Waals surface area (Å²) in [7, 11) is 0. The number of nitrogens with zero attached hydrogens (tertiary/aromatic N) is 1. The first kappa shape index (κ1) is 34.0. The molecule has 11 aromatic rings. The first-order chi connectivity index (χ1) is 28.8. The van der Waals surface area contributed by atoms with Gasteiger partial charge in [-0.25, -0.2) is 0 Å². The molecule has 0 spiro atoms. The summed E-state index contributed by atoms with van der Waals surface area (Å²) in [6, 6.07) is 81.9. The van der Waals surface area contributed by atoms with Crippen LogP contribution in [-0.2, 0) is 0 Å². The third kappa shape index (κ3) is 5.94. The van der Waals surface area contributed by atoms with E-state index in [1.165, 1.54) is 86.2 Å². The van der Waals surface area contributed by atoms with Crippen molar-refractivity contribution in [2.45, 2.75) is 0 Å². The number of rotatable bonds is 7. The predicted octanol–water partition coefficient (Wildman–Crippen LogP) is 16.5. The topological polar surface area (TPSA) is 3.24 Å². The van der Waals surface area contributed by atoms with Crippen molar-refractivity contribution in [2.75, 3.05) is 4.90 Å². The molecule has 0 aliphatic rings. The van der Waals surface area contributed by atoms with Gasteiger partial charge in [0, 0.05) is 37.1 Å². The minimum atomic E-state index is 1.10. The molecule has 0 fully saturated rings. The zero-order chi connectivity index (χ0) is 38.4. The highest BCUT2D eigenvalue weighted by atomic mass is 32.1. The Hall–Kier alpha value is -7.26. The van der Waals surface area contributed by atoms with Crippen LogP contribution in [0.15, 0.2) is 224 Å². The number of hydrogen-bond acceptors (Lipinski definition) is 2. The SMILES string of the molecule is c1ccc(-c2ccc(N(c3ccc(-c4cccc5c4sc4ccccc45)cc3)c3ccc(-c4cccc5ccc6ccccc6c45)cc3-c3ccccc3)cc2)cc1. The van der Waals surface area contributed by atoms with Gasteiger partial charge in [-0.3, -0.25) is 0 Å². The highest BCUT2D eigenvalue weighted by molar-refractivity contribution is 7.26. The Morgan fingerprint density at radius 3 is 1.62 bits per heavy atom. The Kier molecular flexibility index (Phi) is 8.42. The van der Waals surface area contributed by atoms with Crippen LogP contribution in [-0.4, -0.2) is 0 Å². The zero-order valence-corrected chi connectivity index (χ0v) is 32.5. The van der Waals surface area contributed by atoms with Crippen LogP contribution in [0.3, 0.4) is 0 Å². The number of fused-ring (bicyclic) bond motifs is 6. The van der Waals surface area contributed by atoms with Gasteiger partial charge in [0.15, 0.2) is 0 Å². The van der Waals surface area contributed by atoms with Crippen LogP contribution in [0, 0.1) is 0 Å². The van der Waals surface area contributed by atoms with Gasteiger partial charge >= 0.3 is 0 Å². The molecular weight excluding hydrogens is 719 g/mol. The molecule has 0 saturated heterocycles. The highest BCUT2D eigenvalue weighted by Gasteiger charge is 2.20. The number of thiophene rings is 1. The molecule has 11 rings (SSSR count). The Morgan fingerprint density at radius 2 is 0.845 bits per heavy atom.